The zero-order valence-corrected chi connectivity index (χ0v) is 21.8. The van der Waals surface area contributed by atoms with Gasteiger partial charge in [-0.15, -0.1) is 24.0 Å². The Kier molecular flexibility index (Phi) is 9.99. The largest absolute Gasteiger partial charge is 0.355 e. The Balaban J connectivity index is 0.00000306. The first-order valence-electron chi connectivity index (χ1n) is 11.8. The summed E-state index contributed by atoms with van der Waals surface area (Å²) in [6.45, 7) is 5.39. The third kappa shape index (κ3) is 7.43. The van der Waals surface area contributed by atoms with Crippen LogP contribution in [0.4, 0.5) is 0 Å². The summed E-state index contributed by atoms with van der Waals surface area (Å²) in [4.78, 5) is 20.7. The fourth-order valence-electron chi connectivity index (χ4n) is 4.63. The van der Waals surface area contributed by atoms with E-state index in [4.69, 9.17) is 0 Å². The molecule has 2 aromatic carbocycles. The summed E-state index contributed by atoms with van der Waals surface area (Å²) in [6.07, 6.45) is 4.15. The van der Waals surface area contributed by atoms with Gasteiger partial charge in [-0.25, -0.2) is 0 Å². The SMILES string of the molecule is CN=C(NCc1ccc(CN2CCCC2=O)cc1)NCC1CCCN1Cc1ccccc1.I. The predicted octanol–water partition coefficient (Wildman–Crippen LogP) is 3.76. The van der Waals surface area contributed by atoms with Crippen LogP contribution in [0.3, 0.4) is 0 Å². The van der Waals surface area contributed by atoms with Crippen molar-refractivity contribution in [2.45, 2.75) is 51.4 Å². The molecule has 2 aromatic rings. The summed E-state index contributed by atoms with van der Waals surface area (Å²) < 4.78 is 0. The van der Waals surface area contributed by atoms with Crippen LogP contribution in [0.1, 0.15) is 42.4 Å². The molecule has 2 saturated heterocycles. The van der Waals surface area contributed by atoms with Gasteiger partial charge in [0.05, 0.1) is 0 Å². The average Bonchev–Trinajstić information content (AvgIpc) is 3.44. The molecule has 2 N–H and O–H groups in total. The van der Waals surface area contributed by atoms with E-state index in [0.717, 1.165) is 51.6 Å². The van der Waals surface area contributed by atoms with E-state index in [1.54, 1.807) is 0 Å². The lowest BCUT2D eigenvalue weighted by Crippen LogP contribution is -2.44. The van der Waals surface area contributed by atoms with Crippen LogP contribution in [0.15, 0.2) is 59.6 Å². The maximum absolute atomic E-state index is 11.8. The van der Waals surface area contributed by atoms with E-state index in [2.05, 4.69) is 75.1 Å². The number of rotatable bonds is 8. The van der Waals surface area contributed by atoms with Crippen molar-refractivity contribution < 1.29 is 4.79 Å². The van der Waals surface area contributed by atoms with Gasteiger partial charge in [0, 0.05) is 52.2 Å². The van der Waals surface area contributed by atoms with Gasteiger partial charge < -0.3 is 15.5 Å². The predicted molar refractivity (Wildman–Crippen MR) is 145 cm³/mol. The molecule has 1 unspecified atom stereocenters. The molecule has 0 aromatic heterocycles. The maximum atomic E-state index is 11.8. The van der Waals surface area contributed by atoms with Crippen LogP contribution in [-0.4, -0.2) is 54.4 Å². The van der Waals surface area contributed by atoms with Crippen LogP contribution < -0.4 is 10.6 Å². The second-order valence-electron chi connectivity index (χ2n) is 8.79. The summed E-state index contributed by atoms with van der Waals surface area (Å²) in [5, 5.41) is 6.94. The molecule has 0 spiro atoms. The molecule has 0 saturated carbocycles. The zero-order chi connectivity index (χ0) is 22.2. The van der Waals surface area contributed by atoms with E-state index in [0.29, 0.717) is 12.5 Å². The number of carbonyl (C=O) groups excluding carboxylic acids is 1. The van der Waals surface area contributed by atoms with Gasteiger partial charge in [-0.05, 0) is 42.5 Å². The monoisotopic (exact) mass is 561 g/mol. The van der Waals surface area contributed by atoms with E-state index in [9.17, 15) is 4.79 Å². The number of halogens is 1. The van der Waals surface area contributed by atoms with Gasteiger partial charge in [-0.1, -0.05) is 54.6 Å². The topological polar surface area (TPSA) is 60.0 Å². The third-order valence-electron chi connectivity index (χ3n) is 6.48. The van der Waals surface area contributed by atoms with E-state index in [1.165, 1.54) is 29.5 Å². The van der Waals surface area contributed by atoms with Gasteiger partial charge >= 0.3 is 0 Å². The number of nitrogens with zero attached hydrogens (tertiary/aromatic N) is 3. The Hall–Kier alpha value is -2.13. The molecule has 178 valence electrons. The normalized spacial score (nSPS) is 18.9. The number of amides is 1. The van der Waals surface area contributed by atoms with Crippen molar-refractivity contribution in [3.05, 3.63) is 71.3 Å². The van der Waals surface area contributed by atoms with E-state index >= 15 is 0 Å². The molecule has 1 amide bonds. The number of aliphatic imine (C=N–C) groups is 1. The van der Waals surface area contributed by atoms with Crippen LogP contribution >= 0.6 is 24.0 Å². The lowest BCUT2D eigenvalue weighted by Gasteiger charge is -2.25. The number of benzene rings is 2. The van der Waals surface area contributed by atoms with Gasteiger partial charge in [0.1, 0.15) is 0 Å². The number of nitrogens with one attached hydrogen (secondary N) is 2. The average molecular weight is 562 g/mol. The summed E-state index contributed by atoms with van der Waals surface area (Å²) >= 11 is 0. The molecule has 2 heterocycles. The third-order valence-corrected chi connectivity index (χ3v) is 6.48. The molecule has 6 nitrogen and oxygen atoms in total. The van der Waals surface area contributed by atoms with Gasteiger partial charge in [0.15, 0.2) is 5.96 Å². The van der Waals surface area contributed by atoms with Gasteiger partial charge in [0.2, 0.25) is 5.91 Å². The summed E-state index contributed by atoms with van der Waals surface area (Å²) in [7, 11) is 1.82. The summed E-state index contributed by atoms with van der Waals surface area (Å²) in [5.41, 5.74) is 3.77. The zero-order valence-electron chi connectivity index (χ0n) is 19.5. The minimum atomic E-state index is 0. The van der Waals surface area contributed by atoms with Gasteiger partial charge in [-0.2, -0.15) is 0 Å². The molecule has 33 heavy (non-hydrogen) atoms. The Labute approximate surface area is 214 Å². The van der Waals surface area contributed by atoms with Crippen molar-refractivity contribution in [1.82, 2.24) is 20.4 Å². The van der Waals surface area contributed by atoms with Crippen molar-refractivity contribution in [1.29, 1.82) is 0 Å². The molecule has 2 fully saturated rings. The van der Waals surface area contributed by atoms with Crippen LogP contribution in [0.25, 0.3) is 0 Å². The van der Waals surface area contributed by atoms with Crippen molar-refractivity contribution in [2.24, 2.45) is 4.99 Å². The van der Waals surface area contributed by atoms with E-state index in [-0.39, 0.29) is 29.9 Å². The molecule has 1 atom stereocenters. The van der Waals surface area contributed by atoms with Crippen molar-refractivity contribution in [3.63, 3.8) is 0 Å². The Morgan fingerprint density at radius 2 is 1.67 bits per heavy atom. The highest BCUT2D eigenvalue weighted by molar-refractivity contribution is 14.0. The minimum Gasteiger partial charge on any atom is -0.355 e. The van der Waals surface area contributed by atoms with Crippen molar-refractivity contribution in [3.8, 4) is 0 Å². The summed E-state index contributed by atoms with van der Waals surface area (Å²) in [5.74, 6) is 1.11. The van der Waals surface area contributed by atoms with Crippen LogP contribution in [0.2, 0.25) is 0 Å². The van der Waals surface area contributed by atoms with Gasteiger partial charge in [-0.3, -0.25) is 14.7 Å². The number of hydrogen-bond acceptors (Lipinski definition) is 3. The highest BCUT2D eigenvalue weighted by Crippen LogP contribution is 2.19. The second kappa shape index (κ2) is 12.9. The minimum absolute atomic E-state index is 0. The highest BCUT2D eigenvalue weighted by Gasteiger charge is 2.24. The number of guanidine groups is 1. The molecule has 0 radical (unpaired) electrons. The first-order chi connectivity index (χ1) is 15.7. The first kappa shape index (κ1) is 25.5. The molecular formula is C26H36IN5O. The summed E-state index contributed by atoms with van der Waals surface area (Å²) in [6, 6.07) is 19.8. The van der Waals surface area contributed by atoms with Crippen LogP contribution in [-0.2, 0) is 24.4 Å². The quantitative estimate of drug-likeness (QED) is 0.293. The Morgan fingerprint density at radius 3 is 2.36 bits per heavy atom. The molecule has 0 aliphatic carbocycles. The van der Waals surface area contributed by atoms with Gasteiger partial charge in [0.25, 0.3) is 0 Å². The number of likely N-dealkylation sites (tertiary alicyclic amines) is 2. The lowest BCUT2D eigenvalue weighted by molar-refractivity contribution is -0.128. The molecule has 0 bridgehead atoms. The van der Waals surface area contributed by atoms with E-state index in [1.807, 2.05) is 11.9 Å². The Bertz CT molecular complexity index is 903. The lowest BCUT2D eigenvalue weighted by atomic mass is 10.1. The second-order valence-corrected chi connectivity index (χ2v) is 8.79. The number of carbonyl (C=O) groups is 1. The van der Waals surface area contributed by atoms with Crippen LogP contribution in [0, 0.1) is 0 Å². The standard InChI is InChI=1S/C26H35N5O.HI/c1-27-26(29-18-24-9-5-15-30(24)19-22-7-3-2-4-8-22)28-17-21-11-13-23(14-12-21)20-31-16-6-10-25(31)32;/h2-4,7-8,11-14,24H,5-6,9-10,15-20H2,1H3,(H2,27,28,29);1H. The fraction of sp³-hybridized carbons (Fsp3) is 0.462. The maximum Gasteiger partial charge on any atom is 0.222 e. The molecule has 2 aliphatic rings. The molecule has 2 aliphatic heterocycles. The molecule has 7 heteroatoms. The first-order valence-corrected chi connectivity index (χ1v) is 11.8. The number of hydrogen-bond donors (Lipinski definition) is 2. The highest BCUT2D eigenvalue weighted by atomic mass is 127. The molecule has 4 rings (SSSR count). The molecular weight excluding hydrogens is 525 g/mol. The van der Waals surface area contributed by atoms with Crippen LogP contribution in [0.5, 0.6) is 0 Å². The van der Waals surface area contributed by atoms with Crippen molar-refractivity contribution in [2.75, 3.05) is 26.7 Å². The Morgan fingerprint density at radius 1 is 0.939 bits per heavy atom. The van der Waals surface area contributed by atoms with E-state index < -0.39 is 0 Å². The smallest absolute Gasteiger partial charge is 0.222 e. The van der Waals surface area contributed by atoms with Crippen molar-refractivity contribution >= 4 is 35.8 Å². The fourth-order valence-corrected chi connectivity index (χ4v) is 4.63.